The van der Waals surface area contributed by atoms with Crippen LogP contribution < -0.4 is 0 Å². The average Bonchev–Trinajstić information content (AvgIpc) is 2.56. The van der Waals surface area contributed by atoms with Crippen molar-refractivity contribution >= 4 is 33.2 Å². The lowest BCUT2D eigenvalue weighted by molar-refractivity contribution is 0.586. The molecule has 1 nitrogen and oxygen atoms in total. The second kappa shape index (κ2) is 4.50. The third-order valence-electron chi connectivity index (χ3n) is 2.33. The summed E-state index contributed by atoms with van der Waals surface area (Å²) in [5, 5.41) is 1.99. The van der Waals surface area contributed by atoms with Crippen molar-refractivity contribution < 1.29 is 0 Å². The van der Waals surface area contributed by atoms with E-state index in [1.807, 2.05) is 18.2 Å². The molecule has 2 rings (SSSR count). The van der Waals surface area contributed by atoms with Crippen molar-refractivity contribution in [3.8, 4) is 0 Å². The zero-order valence-electron chi connectivity index (χ0n) is 8.96. The molecule has 80 valence electrons. The number of aryl methyl sites for hydroxylation is 1. The normalized spacial score (nSPS) is 11.5. The second-order valence-corrected chi connectivity index (χ2v) is 5.70. The topological polar surface area (TPSA) is 12.9 Å². The molecule has 0 amide bonds. The lowest BCUT2D eigenvalue weighted by atomic mass is 10.1. The van der Waals surface area contributed by atoms with Gasteiger partial charge in [0.25, 0.3) is 0 Å². The lowest BCUT2D eigenvalue weighted by Gasteiger charge is -1.99. The maximum atomic E-state index is 5.92. The van der Waals surface area contributed by atoms with Crippen LogP contribution in [-0.4, -0.2) is 4.98 Å². The number of halogens is 1. The van der Waals surface area contributed by atoms with Gasteiger partial charge in [-0.1, -0.05) is 25.4 Å². The summed E-state index contributed by atoms with van der Waals surface area (Å²) in [6, 6.07) is 5.91. The Morgan fingerprint density at radius 1 is 1.40 bits per heavy atom. The van der Waals surface area contributed by atoms with Gasteiger partial charge >= 0.3 is 0 Å². The first-order valence-electron chi connectivity index (χ1n) is 5.20. The van der Waals surface area contributed by atoms with Crippen molar-refractivity contribution in [2.75, 3.05) is 0 Å². The van der Waals surface area contributed by atoms with Crippen LogP contribution in [0.25, 0.3) is 10.2 Å². The highest BCUT2D eigenvalue weighted by Gasteiger charge is 2.05. The Morgan fingerprint density at radius 3 is 2.93 bits per heavy atom. The highest BCUT2D eigenvalue weighted by atomic mass is 35.5. The van der Waals surface area contributed by atoms with Crippen molar-refractivity contribution in [3.05, 3.63) is 28.2 Å². The van der Waals surface area contributed by atoms with Gasteiger partial charge in [-0.05, 0) is 37.0 Å². The number of aromatic nitrogens is 1. The van der Waals surface area contributed by atoms with Crippen LogP contribution in [0.15, 0.2) is 18.2 Å². The van der Waals surface area contributed by atoms with Crippen LogP contribution in [0.1, 0.15) is 25.3 Å². The molecule has 3 heteroatoms. The third kappa shape index (κ3) is 2.70. The lowest BCUT2D eigenvalue weighted by Crippen LogP contribution is -1.90. The van der Waals surface area contributed by atoms with E-state index in [0.717, 1.165) is 22.9 Å². The van der Waals surface area contributed by atoms with Crippen LogP contribution in [0.3, 0.4) is 0 Å². The summed E-state index contributed by atoms with van der Waals surface area (Å²) in [5.74, 6) is 0.737. The molecule has 1 heterocycles. The highest BCUT2D eigenvalue weighted by Crippen LogP contribution is 2.26. The summed E-state index contributed by atoms with van der Waals surface area (Å²) in [5.41, 5.74) is 1.03. The molecule has 0 saturated heterocycles. The SMILES string of the molecule is CC(C)CCc1nc2cc(Cl)ccc2s1. The Labute approximate surface area is 99.1 Å². The maximum Gasteiger partial charge on any atom is 0.0938 e. The molecular formula is C12H14ClNS. The van der Waals surface area contributed by atoms with E-state index in [-0.39, 0.29) is 0 Å². The first-order valence-corrected chi connectivity index (χ1v) is 6.39. The molecule has 15 heavy (non-hydrogen) atoms. The van der Waals surface area contributed by atoms with Crippen molar-refractivity contribution in [3.63, 3.8) is 0 Å². The fraction of sp³-hybridized carbons (Fsp3) is 0.417. The molecule has 0 aliphatic carbocycles. The quantitative estimate of drug-likeness (QED) is 0.767. The van der Waals surface area contributed by atoms with Gasteiger partial charge < -0.3 is 0 Å². The van der Waals surface area contributed by atoms with Gasteiger partial charge in [-0.2, -0.15) is 0 Å². The summed E-state index contributed by atoms with van der Waals surface area (Å²) in [4.78, 5) is 4.58. The van der Waals surface area contributed by atoms with Crippen molar-refractivity contribution in [2.24, 2.45) is 5.92 Å². The van der Waals surface area contributed by atoms with Gasteiger partial charge in [0, 0.05) is 5.02 Å². The molecule has 0 N–H and O–H groups in total. The zero-order chi connectivity index (χ0) is 10.8. The van der Waals surface area contributed by atoms with Crippen LogP contribution in [0.2, 0.25) is 5.02 Å². The maximum absolute atomic E-state index is 5.92. The minimum absolute atomic E-state index is 0.737. The average molecular weight is 240 g/mol. The van der Waals surface area contributed by atoms with E-state index in [9.17, 15) is 0 Å². The van der Waals surface area contributed by atoms with Gasteiger partial charge in [0.1, 0.15) is 0 Å². The molecule has 0 aliphatic heterocycles. The van der Waals surface area contributed by atoms with E-state index in [1.165, 1.54) is 16.1 Å². The van der Waals surface area contributed by atoms with Crippen molar-refractivity contribution in [1.29, 1.82) is 0 Å². The summed E-state index contributed by atoms with van der Waals surface area (Å²) < 4.78 is 1.23. The molecule has 1 aromatic carbocycles. The second-order valence-electron chi connectivity index (χ2n) is 4.15. The van der Waals surface area contributed by atoms with Crippen LogP contribution in [-0.2, 0) is 6.42 Å². The van der Waals surface area contributed by atoms with Crippen LogP contribution in [0.4, 0.5) is 0 Å². The van der Waals surface area contributed by atoms with E-state index >= 15 is 0 Å². The van der Waals surface area contributed by atoms with Gasteiger partial charge in [0.15, 0.2) is 0 Å². The number of hydrogen-bond acceptors (Lipinski definition) is 2. The first kappa shape index (κ1) is 10.9. The molecule has 0 fully saturated rings. The van der Waals surface area contributed by atoms with E-state index in [1.54, 1.807) is 11.3 Å². The van der Waals surface area contributed by atoms with Crippen LogP contribution >= 0.6 is 22.9 Å². The number of benzene rings is 1. The van der Waals surface area contributed by atoms with Crippen LogP contribution in [0, 0.1) is 5.92 Å². The van der Waals surface area contributed by atoms with E-state index in [0.29, 0.717) is 0 Å². The minimum Gasteiger partial charge on any atom is -0.241 e. The molecule has 0 aliphatic rings. The fourth-order valence-corrected chi connectivity index (χ4v) is 2.60. The molecule has 0 saturated carbocycles. The Balaban J connectivity index is 2.23. The first-order chi connectivity index (χ1) is 7.15. The summed E-state index contributed by atoms with van der Waals surface area (Å²) in [6.07, 6.45) is 2.28. The third-order valence-corrected chi connectivity index (χ3v) is 3.66. The summed E-state index contributed by atoms with van der Waals surface area (Å²) in [6.45, 7) is 4.48. The van der Waals surface area contributed by atoms with E-state index in [2.05, 4.69) is 18.8 Å². The van der Waals surface area contributed by atoms with Gasteiger partial charge in [-0.25, -0.2) is 4.98 Å². The number of hydrogen-bond donors (Lipinski definition) is 0. The molecule has 2 aromatic rings. The van der Waals surface area contributed by atoms with Crippen molar-refractivity contribution in [2.45, 2.75) is 26.7 Å². The summed E-state index contributed by atoms with van der Waals surface area (Å²) >= 11 is 7.70. The molecule has 0 atom stereocenters. The van der Waals surface area contributed by atoms with Gasteiger partial charge in [0.2, 0.25) is 0 Å². The fourth-order valence-electron chi connectivity index (χ4n) is 1.47. The number of fused-ring (bicyclic) bond motifs is 1. The predicted molar refractivity (Wildman–Crippen MR) is 67.8 cm³/mol. The molecule has 0 bridgehead atoms. The predicted octanol–water partition coefficient (Wildman–Crippen LogP) is 4.54. The Bertz CT molecular complexity index is 462. The number of nitrogens with zero attached hydrogens (tertiary/aromatic N) is 1. The van der Waals surface area contributed by atoms with Gasteiger partial charge in [0.05, 0.1) is 15.2 Å². The van der Waals surface area contributed by atoms with Crippen LogP contribution in [0.5, 0.6) is 0 Å². The van der Waals surface area contributed by atoms with Crippen molar-refractivity contribution in [1.82, 2.24) is 4.98 Å². The van der Waals surface area contributed by atoms with E-state index < -0.39 is 0 Å². The highest BCUT2D eigenvalue weighted by molar-refractivity contribution is 7.18. The summed E-state index contributed by atoms with van der Waals surface area (Å²) in [7, 11) is 0. The zero-order valence-corrected chi connectivity index (χ0v) is 10.5. The molecule has 1 aromatic heterocycles. The Morgan fingerprint density at radius 2 is 2.20 bits per heavy atom. The molecular weight excluding hydrogens is 226 g/mol. The Kier molecular flexibility index (Phi) is 3.27. The largest absolute Gasteiger partial charge is 0.241 e. The number of thiazole rings is 1. The monoisotopic (exact) mass is 239 g/mol. The molecule has 0 unspecified atom stereocenters. The molecule has 0 spiro atoms. The van der Waals surface area contributed by atoms with Gasteiger partial charge in [-0.3, -0.25) is 0 Å². The molecule has 0 radical (unpaired) electrons. The van der Waals surface area contributed by atoms with E-state index in [4.69, 9.17) is 11.6 Å². The minimum atomic E-state index is 0.737. The van der Waals surface area contributed by atoms with Gasteiger partial charge in [-0.15, -0.1) is 11.3 Å². The Hall–Kier alpha value is -0.600. The smallest absolute Gasteiger partial charge is 0.0938 e. The standard InChI is InChI=1S/C12H14ClNS/c1-8(2)3-6-12-14-10-7-9(13)4-5-11(10)15-12/h4-5,7-8H,3,6H2,1-2H3. The number of rotatable bonds is 3.